The summed E-state index contributed by atoms with van der Waals surface area (Å²) >= 11 is 5.99. The Labute approximate surface area is 105 Å². The van der Waals surface area contributed by atoms with Crippen molar-refractivity contribution in [2.75, 3.05) is 6.61 Å². The molecule has 17 heavy (non-hydrogen) atoms. The largest absolute Gasteiger partial charge is 0.494 e. The van der Waals surface area contributed by atoms with Crippen molar-refractivity contribution in [1.29, 1.82) is 0 Å². The van der Waals surface area contributed by atoms with Gasteiger partial charge in [-0.05, 0) is 43.5 Å². The van der Waals surface area contributed by atoms with Gasteiger partial charge in [-0.15, -0.1) is 0 Å². The summed E-state index contributed by atoms with van der Waals surface area (Å²) in [4.78, 5) is 0. The molecule has 0 fully saturated rings. The van der Waals surface area contributed by atoms with Gasteiger partial charge in [0.25, 0.3) is 0 Å². The lowest BCUT2D eigenvalue weighted by molar-refractivity contribution is 0.336. The number of hydrogen-bond acceptors (Lipinski definition) is 3. The zero-order chi connectivity index (χ0) is 12.1. The van der Waals surface area contributed by atoms with Crippen molar-refractivity contribution in [3.63, 3.8) is 0 Å². The van der Waals surface area contributed by atoms with Gasteiger partial charge in [-0.1, -0.05) is 11.6 Å². The molecule has 0 aliphatic rings. The summed E-state index contributed by atoms with van der Waals surface area (Å²) in [7, 11) is 0. The molecule has 0 spiro atoms. The Morgan fingerprint density at radius 2 is 2.24 bits per heavy atom. The van der Waals surface area contributed by atoms with Gasteiger partial charge in [0.1, 0.15) is 5.75 Å². The van der Waals surface area contributed by atoms with Crippen molar-refractivity contribution >= 4 is 11.6 Å². The summed E-state index contributed by atoms with van der Waals surface area (Å²) in [6.45, 7) is 2.62. The van der Waals surface area contributed by atoms with Crippen LogP contribution in [0.2, 0.25) is 5.02 Å². The number of benzene rings is 1. The Morgan fingerprint density at radius 1 is 1.35 bits per heavy atom. The number of aromatic amines is 1. The molecule has 0 unspecified atom stereocenters. The van der Waals surface area contributed by atoms with Gasteiger partial charge in [-0.2, -0.15) is 15.4 Å². The van der Waals surface area contributed by atoms with Gasteiger partial charge in [-0.3, -0.25) is 0 Å². The van der Waals surface area contributed by atoms with E-state index >= 15 is 0 Å². The third-order valence-electron chi connectivity index (χ3n) is 2.44. The van der Waals surface area contributed by atoms with Crippen LogP contribution in [0.5, 0.6) is 5.75 Å². The van der Waals surface area contributed by atoms with Gasteiger partial charge in [0.05, 0.1) is 18.5 Å². The van der Waals surface area contributed by atoms with Gasteiger partial charge in [-0.25, -0.2) is 0 Å². The highest BCUT2D eigenvalue weighted by atomic mass is 35.5. The average molecular weight is 252 g/mol. The van der Waals surface area contributed by atoms with E-state index in [1.54, 1.807) is 6.20 Å². The second-order valence-corrected chi connectivity index (χ2v) is 4.08. The van der Waals surface area contributed by atoms with Crippen LogP contribution in [0.1, 0.15) is 18.2 Å². The van der Waals surface area contributed by atoms with E-state index in [1.807, 2.05) is 25.1 Å². The fraction of sp³-hybridized carbons (Fsp3) is 0.333. The SMILES string of the molecule is CCOc1ccc(Cl)cc1CCc1cn[nH]n1. The van der Waals surface area contributed by atoms with Crippen molar-refractivity contribution in [2.45, 2.75) is 19.8 Å². The van der Waals surface area contributed by atoms with Gasteiger partial charge in [0.15, 0.2) is 0 Å². The maximum atomic E-state index is 5.99. The van der Waals surface area contributed by atoms with Crippen LogP contribution < -0.4 is 4.74 Å². The van der Waals surface area contributed by atoms with Gasteiger partial charge < -0.3 is 4.74 Å². The molecule has 2 rings (SSSR count). The van der Waals surface area contributed by atoms with E-state index in [4.69, 9.17) is 16.3 Å². The molecule has 0 saturated heterocycles. The molecule has 90 valence electrons. The summed E-state index contributed by atoms with van der Waals surface area (Å²) in [5.41, 5.74) is 2.04. The van der Waals surface area contributed by atoms with Crippen molar-refractivity contribution in [3.05, 3.63) is 40.7 Å². The molecule has 0 atom stereocenters. The molecular formula is C12H14ClN3O. The molecule has 4 nitrogen and oxygen atoms in total. The summed E-state index contributed by atoms with van der Waals surface area (Å²) in [6.07, 6.45) is 3.38. The zero-order valence-electron chi connectivity index (χ0n) is 9.61. The molecule has 5 heteroatoms. The number of nitrogens with zero attached hydrogens (tertiary/aromatic N) is 2. The van der Waals surface area contributed by atoms with Crippen LogP contribution in [-0.4, -0.2) is 22.0 Å². The first-order valence-electron chi connectivity index (χ1n) is 5.55. The lowest BCUT2D eigenvalue weighted by Crippen LogP contribution is -1.99. The lowest BCUT2D eigenvalue weighted by atomic mass is 10.1. The Balaban J connectivity index is 2.10. The highest BCUT2D eigenvalue weighted by Gasteiger charge is 2.06. The van der Waals surface area contributed by atoms with E-state index in [-0.39, 0.29) is 0 Å². The fourth-order valence-electron chi connectivity index (χ4n) is 1.65. The summed E-state index contributed by atoms with van der Waals surface area (Å²) in [5, 5.41) is 11.1. The molecular weight excluding hydrogens is 238 g/mol. The Hall–Kier alpha value is -1.55. The molecule has 1 aromatic carbocycles. The van der Waals surface area contributed by atoms with Crippen LogP contribution in [0.3, 0.4) is 0 Å². The standard InChI is InChI=1S/C12H14ClN3O/c1-2-17-12-6-4-10(13)7-9(12)3-5-11-8-14-16-15-11/h4,6-8H,2-3,5H2,1H3,(H,14,15,16). The Morgan fingerprint density at radius 3 is 2.94 bits per heavy atom. The number of nitrogens with one attached hydrogen (secondary N) is 1. The maximum absolute atomic E-state index is 5.99. The molecule has 0 bridgehead atoms. The minimum Gasteiger partial charge on any atom is -0.494 e. The normalized spacial score (nSPS) is 10.5. The second-order valence-electron chi connectivity index (χ2n) is 3.65. The van der Waals surface area contributed by atoms with Gasteiger partial charge in [0.2, 0.25) is 0 Å². The number of aromatic nitrogens is 3. The van der Waals surface area contributed by atoms with Crippen LogP contribution in [0.4, 0.5) is 0 Å². The number of aryl methyl sites for hydroxylation is 2. The maximum Gasteiger partial charge on any atom is 0.122 e. The van der Waals surface area contributed by atoms with E-state index in [0.29, 0.717) is 6.61 Å². The minimum atomic E-state index is 0.651. The summed E-state index contributed by atoms with van der Waals surface area (Å²) in [5.74, 6) is 0.889. The second kappa shape index (κ2) is 5.68. The number of ether oxygens (including phenoxy) is 1. The van der Waals surface area contributed by atoms with Crippen LogP contribution in [0.25, 0.3) is 0 Å². The molecule has 0 saturated carbocycles. The predicted molar refractivity (Wildman–Crippen MR) is 66.4 cm³/mol. The third-order valence-corrected chi connectivity index (χ3v) is 2.67. The molecule has 0 aliphatic heterocycles. The monoisotopic (exact) mass is 251 g/mol. The van der Waals surface area contributed by atoms with Crippen LogP contribution >= 0.6 is 11.6 Å². The lowest BCUT2D eigenvalue weighted by Gasteiger charge is -2.09. The smallest absolute Gasteiger partial charge is 0.122 e. The average Bonchev–Trinajstić information content (AvgIpc) is 2.82. The van der Waals surface area contributed by atoms with Crippen LogP contribution in [0.15, 0.2) is 24.4 Å². The van der Waals surface area contributed by atoms with Crippen LogP contribution in [0, 0.1) is 0 Å². The van der Waals surface area contributed by atoms with Crippen molar-refractivity contribution in [2.24, 2.45) is 0 Å². The van der Waals surface area contributed by atoms with Crippen molar-refractivity contribution < 1.29 is 4.74 Å². The van der Waals surface area contributed by atoms with E-state index in [1.165, 1.54) is 0 Å². The number of rotatable bonds is 5. The molecule has 0 aliphatic carbocycles. The quantitative estimate of drug-likeness (QED) is 0.889. The fourth-order valence-corrected chi connectivity index (χ4v) is 1.84. The first-order valence-corrected chi connectivity index (χ1v) is 5.93. The van der Waals surface area contributed by atoms with E-state index in [0.717, 1.165) is 34.9 Å². The highest BCUT2D eigenvalue weighted by molar-refractivity contribution is 6.30. The van der Waals surface area contributed by atoms with Crippen molar-refractivity contribution in [1.82, 2.24) is 15.4 Å². The van der Waals surface area contributed by atoms with E-state index in [2.05, 4.69) is 15.4 Å². The topological polar surface area (TPSA) is 50.8 Å². The molecule has 2 aromatic rings. The Kier molecular flexibility index (Phi) is 3.98. The third kappa shape index (κ3) is 3.20. The minimum absolute atomic E-state index is 0.651. The summed E-state index contributed by atoms with van der Waals surface area (Å²) < 4.78 is 5.56. The highest BCUT2D eigenvalue weighted by Crippen LogP contribution is 2.24. The first-order chi connectivity index (χ1) is 8.29. The summed E-state index contributed by atoms with van der Waals surface area (Å²) in [6, 6.07) is 5.68. The number of H-pyrrole nitrogens is 1. The first kappa shape index (κ1) is 11.9. The zero-order valence-corrected chi connectivity index (χ0v) is 10.4. The van der Waals surface area contributed by atoms with Crippen molar-refractivity contribution in [3.8, 4) is 5.75 Å². The predicted octanol–water partition coefficient (Wildman–Crippen LogP) is 2.64. The number of halogens is 1. The van der Waals surface area contributed by atoms with Gasteiger partial charge >= 0.3 is 0 Å². The van der Waals surface area contributed by atoms with E-state index in [9.17, 15) is 0 Å². The molecule has 0 radical (unpaired) electrons. The molecule has 1 heterocycles. The molecule has 1 N–H and O–H groups in total. The molecule has 0 amide bonds. The number of hydrogen-bond donors (Lipinski definition) is 1. The van der Waals surface area contributed by atoms with E-state index < -0.39 is 0 Å². The van der Waals surface area contributed by atoms with Gasteiger partial charge in [0, 0.05) is 5.02 Å². The van der Waals surface area contributed by atoms with Crippen LogP contribution in [-0.2, 0) is 12.8 Å². The Bertz CT molecular complexity index is 471. The molecule has 1 aromatic heterocycles.